The Morgan fingerprint density at radius 1 is 0.867 bits per heavy atom. The first kappa shape index (κ1) is 23.6. The maximum Gasteiger partial charge on any atom is 0.255 e. The summed E-state index contributed by atoms with van der Waals surface area (Å²) < 4.78 is 5.78. The van der Waals surface area contributed by atoms with E-state index in [9.17, 15) is 9.59 Å². The number of nitrogens with two attached hydrogens (primary N) is 1. The first-order valence-electron chi connectivity index (χ1n) is 11.0. The van der Waals surface area contributed by atoms with E-state index in [1.165, 1.54) is 44.9 Å². The molecule has 0 aliphatic carbocycles. The molecule has 0 unspecified atom stereocenters. The molecule has 0 aromatic heterocycles. The highest BCUT2D eigenvalue weighted by molar-refractivity contribution is 6.05. The molecule has 0 saturated carbocycles. The first-order chi connectivity index (χ1) is 14.6. The average Bonchev–Trinajstić information content (AvgIpc) is 2.78. The minimum absolute atomic E-state index is 0.0577. The van der Waals surface area contributed by atoms with Gasteiger partial charge in [-0.15, -0.1) is 0 Å². The summed E-state index contributed by atoms with van der Waals surface area (Å²) in [7, 11) is 0. The predicted molar refractivity (Wildman–Crippen MR) is 122 cm³/mol. The summed E-state index contributed by atoms with van der Waals surface area (Å²) in [5.41, 5.74) is 6.98. The highest BCUT2D eigenvalue weighted by Gasteiger charge is 2.09. The van der Waals surface area contributed by atoms with Gasteiger partial charge >= 0.3 is 0 Å². The minimum atomic E-state index is -0.234. The van der Waals surface area contributed by atoms with E-state index >= 15 is 0 Å². The number of amides is 1. The molecule has 2 aromatic carbocycles. The quantitative estimate of drug-likeness (QED) is 0.314. The van der Waals surface area contributed by atoms with Crippen molar-refractivity contribution < 1.29 is 14.3 Å². The molecule has 3 N–H and O–H groups in total. The fourth-order valence-corrected chi connectivity index (χ4v) is 3.22. The van der Waals surface area contributed by atoms with Crippen molar-refractivity contribution in [2.75, 3.05) is 18.5 Å². The molecule has 1 amide bonds. The molecule has 2 aromatic rings. The Morgan fingerprint density at radius 3 is 2.20 bits per heavy atom. The Bertz CT molecular complexity index is 787. The number of carbonyl (C=O) groups is 2. The van der Waals surface area contributed by atoms with E-state index in [2.05, 4.69) is 12.2 Å². The van der Waals surface area contributed by atoms with Crippen LogP contribution in [0.5, 0.6) is 5.75 Å². The third-order valence-electron chi connectivity index (χ3n) is 5.01. The number of ketones is 1. The number of rotatable bonds is 14. The molecule has 0 fully saturated rings. The van der Waals surface area contributed by atoms with Gasteiger partial charge in [0, 0.05) is 16.8 Å². The SMILES string of the molecule is CCCCCCCCCCOc1ccc(C(=O)Nc2cccc(C(=O)CN)c2)cc1. The summed E-state index contributed by atoms with van der Waals surface area (Å²) >= 11 is 0. The normalized spacial score (nSPS) is 10.6. The van der Waals surface area contributed by atoms with Crippen molar-refractivity contribution in [3.05, 3.63) is 59.7 Å². The minimum Gasteiger partial charge on any atom is -0.494 e. The number of hydrogen-bond acceptors (Lipinski definition) is 4. The van der Waals surface area contributed by atoms with Crippen LogP contribution in [0.4, 0.5) is 5.69 Å². The van der Waals surface area contributed by atoms with Gasteiger partial charge in [-0.3, -0.25) is 9.59 Å². The number of Topliss-reactive ketones (excluding diaryl/α,β-unsaturated/α-hetero) is 1. The summed E-state index contributed by atoms with van der Waals surface area (Å²) in [5.74, 6) is 0.371. The van der Waals surface area contributed by atoms with Crippen LogP contribution in [0, 0.1) is 0 Å². The summed E-state index contributed by atoms with van der Waals surface area (Å²) in [4.78, 5) is 24.1. The lowest BCUT2D eigenvalue weighted by Crippen LogP contribution is -2.15. The Hall–Kier alpha value is -2.66. The van der Waals surface area contributed by atoms with Crippen LogP contribution in [0.15, 0.2) is 48.5 Å². The number of ether oxygens (including phenoxy) is 1. The molecule has 0 aliphatic rings. The maximum absolute atomic E-state index is 12.4. The van der Waals surface area contributed by atoms with Gasteiger partial charge < -0.3 is 15.8 Å². The highest BCUT2D eigenvalue weighted by Crippen LogP contribution is 2.16. The monoisotopic (exact) mass is 410 g/mol. The molecule has 0 saturated heterocycles. The molecular formula is C25H34N2O3. The van der Waals surface area contributed by atoms with Crippen molar-refractivity contribution in [3.63, 3.8) is 0 Å². The summed E-state index contributed by atoms with van der Waals surface area (Å²) in [6.45, 7) is 2.88. The lowest BCUT2D eigenvalue weighted by Gasteiger charge is -2.09. The van der Waals surface area contributed by atoms with Crippen LogP contribution in [-0.2, 0) is 0 Å². The first-order valence-corrected chi connectivity index (χ1v) is 11.0. The number of unbranched alkanes of at least 4 members (excludes halogenated alkanes) is 7. The van der Waals surface area contributed by atoms with Gasteiger partial charge in [0.15, 0.2) is 5.78 Å². The third kappa shape index (κ3) is 8.37. The summed E-state index contributed by atoms with van der Waals surface area (Å²) in [6, 6.07) is 13.9. The van der Waals surface area contributed by atoms with Crippen LogP contribution >= 0.6 is 0 Å². The Balaban J connectivity index is 1.72. The van der Waals surface area contributed by atoms with Crippen LogP contribution in [0.3, 0.4) is 0 Å². The number of hydrogen-bond donors (Lipinski definition) is 2. The number of anilines is 1. The molecule has 0 bridgehead atoms. The van der Waals surface area contributed by atoms with Crippen molar-refractivity contribution in [2.24, 2.45) is 5.73 Å². The van der Waals surface area contributed by atoms with E-state index in [0.29, 0.717) is 23.4 Å². The average molecular weight is 411 g/mol. The van der Waals surface area contributed by atoms with E-state index in [1.807, 2.05) is 12.1 Å². The fourth-order valence-electron chi connectivity index (χ4n) is 3.22. The van der Waals surface area contributed by atoms with Gasteiger partial charge in [0.1, 0.15) is 5.75 Å². The van der Waals surface area contributed by atoms with Crippen LogP contribution in [0.1, 0.15) is 79.0 Å². The number of benzene rings is 2. The molecule has 0 atom stereocenters. The molecule has 0 radical (unpaired) electrons. The zero-order chi connectivity index (χ0) is 21.6. The zero-order valence-corrected chi connectivity index (χ0v) is 18.0. The van der Waals surface area contributed by atoms with Gasteiger partial charge in [-0.2, -0.15) is 0 Å². The van der Waals surface area contributed by atoms with Gasteiger partial charge in [-0.25, -0.2) is 0 Å². The second-order valence-corrected chi connectivity index (χ2v) is 7.51. The number of nitrogens with one attached hydrogen (secondary N) is 1. The van der Waals surface area contributed by atoms with E-state index < -0.39 is 0 Å². The molecule has 5 heteroatoms. The van der Waals surface area contributed by atoms with Crippen molar-refractivity contribution in [2.45, 2.75) is 58.3 Å². The molecule has 2 rings (SSSR count). The Kier molecular flexibility index (Phi) is 10.7. The van der Waals surface area contributed by atoms with Crippen molar-refractivity contribution in [1.82, 2.24) is 0 Å². The maximum atomic E-state index is 12.4. The van der Waals surface area contributed by atoms with Crippen LogP contribution in [-0.4, -0.2) is 24.8 Å². The smallest absolute Gasteiger partial charge is 0.255 e. The predicted octanol–water partition coefficient (Wildman–Crippen LogP) is 5.60. The molecule has 0 heterocycles. The van der Waals surface area contributed by atoms with Gasteiger partial charge in [-0.1, -0.05) is 64.0 Å². The second-order valence-electron chi connectivity index (χ2n) is 7.51. The fraction of sp³-hybridized carbons (Fsp3) is 0.440. The van der Waals surface area contributed by atoms with Gasteiger partial charge in [-0.05, 0) is 42.8 Å². The molecule has 0 spiro atoms. The van der Waals surface area contributed by atoms with Crippen molar-refractivity contribution >= 4 is 17.4 Å². The van der Waals surface area contributed by atoms with Crippen molar-refractivity contribution in [3.8, 4) is 5.75 Å². The van der Waals surface area contributed by atoms with E-state index in [4.69, 9.17) is 10.5 Å². The van der Waals surface area contributed by atoms with Gasteiger partial charge in [0.05, 0.1) is 13.2 Å². The van der Waals surface area contributed by atoms with Crippen LogP contribution in [0.25, 0.3) is 0 Å². The summed E-state index contributed by atoms with van der Waals surface area (Å²) in [6.07, 6.45) is 10.1. The highest BCUT2D eigenvalue weighted by atomic mass is 16.5. The number of carbonyl (C=O) groups excluding carboxylic acids is 2. The molecular weight excluding hydrogens is 376 g/mol. The van der Waals surface area contributed by atoms with E-state index in [-0.39, 0.29) is 18.2 Å². The van der Waals surface area contributed by atoms with E-state index in [0.717, 1.165) is 12.2 Å². The topological polar surface area (TPSA) is 81.4 Å². The van der Waals surface area contributed by atoms with E-state index in [1.54, 1.807) is 36.4 Å². The van der Waals surface area contributed by atoms with Crippen LogP contribution in [0.2, 0.25) is 0 Å². The van der Waals surface area contributed by atoms with Crippen molar-refractivity contribution in [1.29, 1.82) is 0 Å². The second kappa shape index (κ2) is 13.5. The third-order valence-corrected chi connectivity index (χ3v) is 5.01. The Labute approximate surface area is 180 Å². The summed E-state index contributed by atoms with van der Waals surface area (Å²) in [5, 5.41) is 2.81. The lowest BCUT2D eigenvalue weighted by atomic mass is 10.1. The zero-order valence-electron chi connectivity index (χ0n) is 18.0. The lowest BCUT2D eigenvalue weighted by molar-refractivity contribution is 0.0997. The molecule has 5 nitrogen and oxygen atoms in total. The Morgan fingerprint density at radius 2 is 1.53 bits per heavy atom. The molecule has 30 heavy (non-hydrogen) atoms. The molecule has 162 valence electrons. The van der Waals surface area contributed by atoms with Gasteiger partial charge in [0.25, 0.3) is 5.91 Å². The van der Waals surface area contributed by atoms with Gasteiger partial charge in [0.2, 0.25) is 0 Å². The van der Waals surface area contributed by atoms with Crippen LogP contribution < -0.4 is 15.8 Å². The molecule has 0 aliphatic heterocycles. The standard InChI is InChI=1S/C25H34N2O3/c1-2-3-4-5-6-7-8-9-17-30-23-15-13-20(14-16-23)25(29)27-22-12-10-11-21(18-22)24(28)19-26/h10-16,18H,2-9,17,19,26H2,1H3,(H,27,29). The largest absolute Gasteiger partial charge is 0.494 e.